The molecule has 0 saturated heterocycles. The van der Waals surface area contributed by atoms with Crippen molar-refractivity contribution in [1.82, 2.24) is 0 Å². The summed E-state index contributed by atoms with van der Waals surface area (Å²) in [6, 6.07) is 3.99. The lowest BCUT2D eigenvalue weighted by Gasteiger charge is -2.15. The molecule has 16 heavy (non-hydrogen) atoms. The normalized spacial score (nSPS) is 12.3. The largest absolute Gasteiger partial charge is 0.495 e. The van der Waals surface area contributed by atoms with E-state index in [1.54, 1.807) is 7.11 Å². The summed E-state index contributed by atoms with van der Waals surface area (Å²) >= 11 is 0. The topological polar surface area (TPSA) is 67.5 Å². The maximum atomic E-state index is 9.38. The Balaban J connectivity index is 2.81. The third kappa shape index (κ3) is 3.12. The average molecular weight is 224 g/mol. The fourth-order valence-corrected chi connectivity index (χ4v) is 1.41. The SMILES string of the molecule is COc1cc(C)c(C)cc1NCC(O)CN. The highest BCUT2D eigenvalue weighted by Gasteiger charge is 2.07. The van der Waals surface area contributed by atoms with Crippen LogP contribution in [-0.2, 0) is 0 Å². The van der Waals surface area contributed by atoms with Gasteiger partial charge in [-0.1, -0.05) is 0 Å². The number of benzene rings is 1. The van der Waals surface area contributed by atoms with Crippen LogP contribution < -0.4 is 15.8 Å². The predicted molar refractivity (Wildman–Crippen MR) is 66.0 cm³/mol. The first kappa shape index (κ1) is 12.8. The van der Waals surface area contributed by atoms with Gasteiger partial charge in [0.25, 0.3) is 0 Å². The molecule has 0 aromatic heterocycles. The summed E-state index contributed by atoms with van der Waals surface area (Å²) < 4.78 is 5.27. The van der Waals surface area contributed by atoms with Gasteiger partial charge in [-0.2, -0.15) is 0 Å². The first-order valence-electron chi connectivity index (χ1n) is 5.35. The second-order valence-corrected chi connectivity index (χ2v) is 3.91. The quantitative estimate of drug-likeness (QED) is 0.699. The smallest absolute Gasteiger partial charge is 0.142 e. The molecule has 0 amide bonds. The first-order valence-corrected chi connectivity index (χ1v) is 5.35. The summed E-state index contributed by atoms with van der Waals surface area (Å²) in [4.78, 5) is 0. The van der Waals surface area contributed by atoms with Gasteiger partial charge in [0.2, 0.25) is 0 Å². The van der Waals surface area contributed by atoms with E-state index in [1.807, 2.05) is 26.0 Å². The minimum absolute atomic E-state index is 0.250. The summed E-state index contributed by atoms with van der Waals surface area (Å²) in [5, 5.41) is 12.5. The Labute approximate surface area is 96.4 Å². The number of rotatable bonds is 5. The van der Waals surface area contributed by atoms with Crippen LogP contribution in [0.2, 0.25) is 0 Å². The van der Waals surface area contributed by atoms with E-state index in [-0.39, 0.29) is 6.54 Å². The molecule has 0 bridgehead atoms. The van der Waals surface area contributed by atoms with Crippen molar-refractivity contribution in [2.45, 2.75) is 20.0 Å². The van der Waals surface area contributed by atoms with Crippen molar-refractivity contribution in [3.8, 4) is 5.75 Å². The maximum Gasteiger partial charge on any atom is 0.142 e. The molecule has 0 aliphatic carbocycles. The van der Waals surface area contributed by atoms with Gasteiger partial charge in [-0.05, 0) is 37.1 Å². The van der Waals surface area contributed by atoms with Crippen molar-refractivity contribution in [3.05, 3.63) is 23.3 Å². The van der Waals surface area contributed by atoms with Crippen molar-refractivity contribution in [3.63, 3.8) is 0 Å². The van der Waals surface area contributed by atoms with Crippen molar-refractivity contribution in [2.24, 2.45) is 5.73 Å². The minimum Gasteiger partial charge on any atom is -0.495 e. The van der Waals surface area contributed by atoms with Crippen LogP contribution in [0.15, 0.2) is 12.1 Å². The number of hydrogen-bond acceptors (Lipinski definition) is 4. The number of nitrogens with two attached hydrogens (primary N) is 1. The van der Waals surface area contributed by atoms with Gasteiger partial charge < -0.3 is 20.9 Å². The molecule has 0 fully saturated rings. The molecule has 0 aliphatic rings. The number of ether oxygens (including phenoxy) is 1. The van der Waals surface area contributed by atoms with E-state index >= 15 is 0 Å². The highest BCUT2D eigenvalue weighted by Crippen LogP contribution is 2.27. The van der Waals surface area contributed by atoms with Crippen LogP contribution in [0.25, 0.3) is 0 Å². The molecule has 0 saturated carbocycles. The number of aliphatic hydroxyl groups is 1. The number of aryl methyl sites for hydroxylation is 2. The lowest BCUT2D eigenvalue weighted by Crippen LogP contribution is -2.27. The van der Waals surface area contributed by atoms with Crippen LogP contribution in [0.4, 0.5) is 5.69 Å². The van der Waals surface area contributed by atoms with E-state index in [4.69, 9.17) is 10.5 Å². The third-order valence-corrected chi connectivity index (χ3v) is 2.62. The highest BCUT2D eigenvalue weighted by molar-refractivity contribution is 5.60. The number of methoxy groups -OCH3 is 1. The Morgan fingerprint density at radius 3 is 2.56 bits per heavy atom. The number of nitrogens with one attached hydrogen (secondary N) is 1. The zero-order valence-electron chi connectivity index (χ0n) is 10.1. The molecule has 90 valence electrons. The molecule has 0 spiro atoms. The molecular formula is C12H20N2O2. The zero-order valence-corrected chi connectivity index (χ0v) is 10.1. The van der Waals surface area contributed by atoms with Crippen LogP contribution in [-0.4, -0.2) is 31.4 Å². The number of anilines is 1. The Hall–Kier alpha value is -1.26. The van der Waals surface area contributed by atoms with Crippen molar-refractivity contribution in [2.75, 3.05) is 25.5 Å². The summed E-state index contributed by atoms with van der Waals surface area (Å²) in [7, 11) is 1.63. The fraction of sp³-hybridized carbons (Fsp3) is 0.500. The van der Waals surface area contributed by atoms with Gasteiger partial charge >= 0.3 is 0 Å². The van der Waals surface area contributed by atoms with E-state index in [0.29, 0.717) is 6.54 Å². The summed E-state index contributed by atoms with van der Waals surface area (Å²) in [6.07, 6.45) is -0.536. The predicted octanol–water partition coefficient (Wildman–Crippen LogP) is 1.04. The lowest BCUT2D eigenvalue weighted by molar-refractivity contribution is 0.196. The Bertz CT molecular complexity index is 353. The van der Waals surface area contributed by atoms with E-state index in [2.05, 4.69) is 5.32 Å². The zero-order chi connectivity index (χ0) is 12.1. The van der Waals surface area contributed by atoms with Gasteiger partial charge in [0.05, 0.1) is 18.9 Å². The van der Waals surface area contributed by atoms with Crippen molar-refractivity contribution < 1.29 is 9.84 Å². The molecule has 4 nitrogen and oxygen atoms in total. The highest BCUT2D eigenvalue weighted by atomic mass is 16.5. The van der Waals surface area contributed by atoms with Gasteiger partial charge in [-0.3, -0.25) is 0 Å². The van der Waals surface area contributed by atoms with Gasteiger partial charge in [-0.25, -0.2) is 0 Å². The molecule has 1 aromatic carbocycles. The second kappa shape index (κ2) is 5.72. The molecular weight excluding hydrogens is 204 g/mol. The standard InChI is InChI=1S/C12H20N2O2/c1-8-4-11(14-7-10(15)6-13)12(16-3)5-9(8)2/h4-5,10,14-15H,6-7,13H2,1-3H3. The monoisotopic (exact) mass is 224 g/mol. The molecule has 1 unspecified atom stereocenters. The van der Waals surface area contributed by atoms with Gasteiger partial charge in [-0.15, -0.1) is 0 Å². The Kier molecular flexibility index (Phi) is 4.58. The molecule has 0 heterocycles. The molecule has 1 aromatic rings. The van der Waals surface area contributed by atoms with Gasteiger partial charge in [0.1, 0.15) is 5.75 Å². The first-order chi connectivity index (χ1) is 7.58. The van der Waals surface area contributed by atoms with E-state index in [0.717, 1.165) is 11.4 Å². The van der Waals surface area contributed by atoms with E-state index in [9.17, 15) is 5.11 Å². The van der Waals surface area contributed by atoms with Crippen LogP contribution in [0.3, 0.4) is 0 Å². The Morgan fingerprint density at radius 2 is 2.00 bits per heavy atom. The van der Waals surface area contributed by atoms with Gasteiger partial charge in [0, 0.05) is 13.1 Å². The molecule has 0 aliphatic heterocycles. The number of aliphatic hydroxyl groups excluding tert-OH is 1. The van der Waals surface area contributed by atoms with Crippen molar-refractivity contribution in [1.29, 1.82) is 0 Å². The summed E-state index contributed by atoms with van der Waals surface area (Å²) in [6.45, 7) is 4.76. The van der Waals surface area contributed by atoms with Crippen LogP contribution in [0.1, 0.15) is 11.1 Å². The molecule has 1 rings (SSSR count). The van der Waals surface area contributed by atoms with E-state index in [1.165, 1.54) is 11.1 Å². The van der Waals surface area contributed by atoms with Crippen LogP contribution in [0, 0.1) is 13.8 Å². The molecule has 4 N–H and O–H groups in total. The molecule has 1 atom stereocenters. The van der Waals surface area contributed by atoms with Crippen LogP contribution in [0.5, 0.6) is 5.75 Å². The van der Waals surface area contributed by atoms with Gasteiger partial charge in [0.15, 0.2) is 0 Å². The summed E-state index contributed by atoms with van der Waals surface area (Å²) in [5.41, 5.74) is 8.59. The van der Waals surface area contributed by atoms with Crippen LogP contribution >= 0.6 is 0 Å². The second-order valence-electron chi connectivity index (χ2n) is 3.91. The minimum atomic E-state index is -0.536. The van der Waals surface area contributed by atoms with E-state index < -0.39 is 6.10 Å². The molecule has 4 heteroatoms. The average Bonchev–Trinajstić information content (AvgIpc) is 2.29. The third-order valence-electron chi connectivity index (χ3n) is 2.62. The Morgan fingerprint density at radius 1 is 1.38 bits per heavy atom. The fourth-order valence-electron chi connectivity index (χ4n) is 1.41. The maximum absolute atomic E-state index is 9.38. The number of hydrogen-bond donors (Lipinski definition) is 3. The lowest BCUT2D eigenvalue weighted by atomic mass is 10.1. The van der Waals surface area contributed by atoms with Crippen molar-refractivity contribution >= 4 is 5.69 Å². The summed E-state index contributed by atoms with van der Waals surface area (Å²) in [5.74, 6) is 0.785. The molecule has 0 radical (unpaired) electrons.